The van der Waals surface area contributed by atoms with Crippen LogP contribution in [0.2, 0.25) is 5.02 Å². The van der Waals surface area contributed by atoms with E-state index < -0.39 is 0 Å². The number of aromatic nitrogens is 5. The second kappa shape index (κ2) is 8.89. The first-order valence-corrected chi connectivity index (χ1v) is 10.8. The number of tetrazole rings is 1. The molecule has 7 nitrogen and oxygen atoms in total. The zero-order valence-electron chi connectivity index (χ0n) is 16.6. The number of halogens is 1. The molecule has 1 atom stereocenters. The average Bonchev–Trinajstić information content (AvgIpc) is 3.35. The van der Waals surface area contributed by atoms with Gasteiger partial charge in [-0.15, -0.1) is 5.10 Å². The Kier molecular flexibility index (Phi) is 6.06. The predicted molar refractivity (Wildman–Crippen MR) is 119 cm³/mol. The molecule has 1 unspecified atom stereocenters. The molecule has 0 spiro atoms. The summed E-state index contributed by atoms with van der Waals surface area (Å²) in [5.41, 5.74) is 4.17. The Morgan fingerprint density at radius 1 is 1.27 bits per heavy atom. The van der Waals surface area contributed by atoms with Crippen LogP contribution in [0.5, 0.6) is 0 Å². The third-order valence-electron chi connectivity index (χ3n) is 4.79. The summed E-state index contributed by atoms with van der Waals surface area (Å²) in [6.45, 7) is 4.40. The lowest BCUT2D eigenvalue weighted by atomic mass is 10.1. The van der Waals surface area contributed by atoms with Crippen LogP contribution >= 0.6 is 23.4 Å². The minimum Gasteiger partial charge on any atom is -0.361 e. The van der Waals surface area contributed by atoms with Crippen molar-refractivity contribution in [1.29, 1.82) is 0 Å². The maximum atomic E-state index is 12.6. The normalized spacial score (nSPS) is 12.2. The van der Waals surface area contributed by atoms with E-state index in [9.17, 15) is 4.79 Å². The zero-order chi connectivity index (χ0) is 21.1. The summed E-state index contributed by atoms with van der Waals surface area (Å²) in [6.07, 6.45) is 2.67. The lowest BCUT2D eigenvalue weighted by Gasteiger charge is -2.11. The summed E-state index contributed by atoms with van der Waals surface area (Å²) in [7, 11) is 0. The average molecular weight is 441 g/mol. The molecular formula is C21H21ClN6OS. The molecule has 0 fully saturated rings. The van der Waals surface area contributed by atoms with Crippen LogP contribution in [0.1, 0.15) is 18.1 Å². The van der Waals surface area contributed by atoms with E-state index >= 15 is 0 Å². The van der Waals surface area contributed by atoms with Gasteiger partial charge in [-0.2, -0.15) is 4.68 Å². The Labute approximate surface area is 183 Å². The number of carbonyl (C=O) groups excluding carboxylic acids is 1. The first-order chi connectivity index (χ1) is 14.5. The van der Waals surface area contributed by atoms with Crippen LogP contribution in [0.15, 0.2) is 53.8 Å². The minimum absolute atomic E-state index is 0.0590. The number of hydrogen-bond donors (Lipinski definition) is 2. The number of nitrogens with one attached hydrogen (secondary N) is 2. The van der Waals surface area contributed by atoms with Gasteiger partial charge in [0.05, 0.1) is 10.9 Å². The summed E-state index contributed by atoms with van der Waals surface area (Å²) < 4.78 is 1.64. The third kappa shape index (κ3) is 4.49. The molecule has 0 aliphatic heterocycles. The fraction of sp³-hybridized carbons (Fsp3) is 0.238. The van der Waals surface area contributed by atoms with Gasteiger partial charge in [0.15, 0.2) is 0 Å². The van der Waals surface area contributed by atoms with Gasteiger partial charge in [0.2, 0.25) is 11.1 Å². The first kappa shape index (κ1) is 20.4. The molecule has 0 saturated carbocycles. The molecule has 30 heavy (non-hydrogen) atoms. The summed E-state index contributed by atoms with van der Waals surface area (Å²) in [5.74, 6) is -0.0590. The number of amides is 1. The Morgan fingerprint density at radius 2 is 2.07 bits per heavy atom. The number of hydrogen-bond acceptors (Lipinski definition) is 5. The molecule has 0 aliphatic rings. The van der Waals surface area contributed by atoms with Gasteiger partial charge >= 0.3 is 0 Å². The fourth-order valence-electron chi connectivity index (χ4n) is 3.13. The summed E-state index contributed by atoms with van der Waals surface area (Å²) in [5, 5.41) is 16.9. The Morgan fingerprint density at radius 3 is 2.87 bits per heavy atom. The van der Waals surface area contributed by atoms with Crippen LogP contribution in [0, 0.1) is 6.92 Å². The lowest BCUT2D eigenvalue weighted by molar-refractivity contribution is -0.120. The molecule has 2 aromatic heterocycles. The summed E-state index contributed by atoms with van der Waals surface area (Å²) >= 11 is 7.43. The molecule has 9 heteroatoms. The largest absolute Gasteiger partial charge is 0.361 e. The van der Waals surface area contributed by atoms with E-state index in [-0.39, 0.29) is 11.2 Å². The van der Waals surface area contributed by atoms with Crippen molar-refractivity contribution in [2.45, 2.75) is 30.7 Å². The quantitative estimate of drug-likeness (QED) is 0.425. The molecule has 2 N–H and O–H groups in total. The van der Waals surface area contributed by atoms with Gasteiger partial charge in [0.1, 0.15) is 0 Å². The van der Waals surface area contributed by atoms with Crippen molar-refractivity contribution in [2.24, 2.45) is 0 Å². The second-order valence-corrected chi connectivity index (χ2v) is 8.76. The van der Waals surface area contributed by atoms with Gasteiger partial charge in [0.25, 0.3) is 0 Å². The number of rotatable bonds is 7. The topological polar surface area (TPSA) is 88.5 Å². The number of benzene rings is 2. The number of H-pyrrole nitrogens is 1. The van der Waals surface area contributed by atoms with Crippen LogP contribution in [0.3, 0.4) is 0 Å². The highest BCUT2D eigenvalue weighted by atomic mass is 35.5. The van der Waals surface area contributed by atoms with E-state index in [1.165, 1.54) is 11.8 Å². The number of aryl methyl sites for hydroxylation is 1. The number of nitrogens with zero attached hydrogens (tertiary/aromatic N) is 4. The Balaban J connectivity index is 1.35. The molecule has 4 aromatic rings. The highest BCUT2D eigenvalue weighted by Crippen LogP contribution is 2.24. The van der Waals surface area contributed by atoms with Gasteiger partial charge in [-0.25, -0.2) is 0 Å². The van der Waals surface area contributed by atoms with Crippen molar-refractivity contribution < 1.29 is 4.79 Å². The van der Waals surface area contributed by atoms with Crippen molar-refractivity contribution in [1.82, 2.24) is 30.5 Å². The second-order valence-electron chi connectivity index (χ2n) is 7.01. The van der Waals surface area contributed by atoms with Gasteiger partial charge < -0.3 is 10.3 Å². The lowest BCUT2D eigenvalue weighted by Crippen LogP contribution is -2.32. The number of aromatic amines is 1. The van der Waals surface area contributed by atoms with Gasteiger partial charge in [-0.3, -0.25) is 4.79 Å². The van der Waals surface area contributed by atoms with Crippen LogP contribution in [0.25, 0.3) is 16.6 Å². The summed E-state index contributed by atoms with van der Waals surface area (Å²) in [6, 6.07) is 13.7. The van der Waals surface area contributed by atoms with E-state index in [0.717, 1.165) is 27.7 Å². The van der Waals surface area contributed by atoms with Crippen molar-refractivity contribution in [3.8, 4) is 5.69 Å². The molecule has 2 heterocycles. The molecular weight excluding hydrogens is 420 g/mol. The Bertz CT molecular complexity index is 1170. The van der Waals surface area contributed by atoms with E-state index in [1.54, 1.807) is 4.68 Å². The van der Waals surface area contributed by atoms with E-state index in [4.69, 9.17) is 11.6 Å². The molecule has 0 bridgehead atoms. The number of fused-ring (bicyclic) bond motifs is 1. The first-order valence-electron chi connectivity index (χ1n) is 9.56. The van der Waals surface area contributed by atoms with Crippen LogP contribution in [0.4, 0.5) is 0 Å². The highest BCUT2D eigenvalue weighted by Gasteiger charge is 2.19. The van der Waals surface area contributed by atoms with Crippen LogP contribution in [-0.4, -0.2) is 42.9 Å². The highest BCUT2D eigenvalue weighted by molar-refractivity contribution is 8.00. The van der Waals surface area contributed by atoms with E-state index in [0.29, 0.717) is 23.1 Å². The predicted octanol–water partition coefficient (Wildman–Crippen LogP) is 3.94. The molecule has 0 saturated heterocycles. The molecule has 4 rings (SSSR count). The third-order valence-corrected chi connectivity index (χ3v) is 6.06. The fourth-order valence-corrected chi connectivity index (χ4v) is 4.14. The number of carbonyl (C=O) groups is 1. The SMILES string of the molecule is Cc1ccc(-n2nnnc2SC(C)C(=O)NCCc2c[nH]c3ccc(Cl)cc23)cc1. The van der Waals surface area contributed by atoms with Crippen molar-refractivity contribution in [2.75, 3.05) is 6.54 Å². The van der Waals surface area contributed by atoms with Crippen molar-refractivity contribution in [3.05, 3.63) is 64.8 Å². The van der Waals surface area contributed by atoms with Crippen LogP contribution < -0.4 is 5.32 Å². The standard InChI is InChI=1S/C21H21ClN6OS/c1-13-3-6-17(7-4-13)28-21(25-26-27-28)30-14(2)20(29)23-10-9-15-12-24-19-8-5-16(22)11-18(15)19/h3-8,11-12,14,24H,9-10H2,1-2H3,(H,23,29). The zero-order valence-corrected chi connectivity index (χ0v) is 18.2. The van der Waals surface area contributed by atoms with Crippen LogP contribution in [-0.2, 0) is 11.2 Å². The maximum absolute atomic E-state index is 12.6. The molecule has 1 amide bonds. The van der Waals surface area contributed by atoms with Gasteiger partial charge in [-0.1, -0.05) is 41.1 Å². The van der Waals surface area contributed by atoms with Gasteiger partial charge in [0, 0.05) is 28.7 Å². The monoisotopic (exact) mass is 440 g/mol. The van der Waals surface area contributed by atoms with E-state index in [2.05, 4.69) is 25.8 Å². The van der Waals surface area contributed by atoms with Gasteiger partial charge in [-0.05, 0) is 66.6 Å². The minimum atomic E-state index is -0.336. The van der Waals surface area contributed by atoms with Crippen molar-refractivity contribution in [3.63, 3.8) is 0 Å². The molecule has 0 radical (unpaired) electrons. The maximum Gasteiger partial charge on any atom is 0.233 e. The number of thioether (sulfide) groups is 1. The molecule has 2 aromatic carbocycles. The van der Waals surface area contributed by atoms with E-state index in [1.807, 2.05) is 62.5 Å². The smallest absolute Gasteiger partial charge is 0.233 e. The molecule has 0 aliphatic carbocycles. The molecule has 154 valence electrons. The summed E-state index contributed by atoms with van der Waals surface area (Å²) in [4.78, 5) is 15.8. The van der Waals surface area contributed by atoms with Crippen molar-refractivity contribution >= 4 is 40.2 Å². The Hall–Kier alpha value is -2.84.